The highest BCUT2D eigenvalue weighted by Crippen LogP contribution is 2.34. The predicted octanol–water partition coefficient (Wildman–Crippen LogP) is 1.57. The molecule has 3 atom stereocenters. The van der Waals surface area contributed by atoms with E-state index in [-0.39, 0.29) is 37.1 Å². The topological polar surface area (TPSA) is 122 Å². The van der Waals surface area contributed by atoms with Crippen molar-refractivity contribution in [1.29, 1.82) is 0 Å². The predicted molar refractivity (Wildman–Crippen MR) is 112 cm³/mol. The maximum absolute atomic E-state index is 13.5. The molecular formula is C21H27F3N6O4. The van der Waals surface area contributed by atoms with Crippen molar-refractivity contribution in [1.82, 2.24) is 30.2 Å². The number of nitrogens with zero attached hydrogens (tertiary/aromatic N) is 5. The standard InChI is InChI=1S/C21H27F3N6O4/c1-20(2,3)17(19(33)29-10-13(31)8-14(29)18(32)25-4)30-9-12(27-28-30)11-34-16-7-5-6-15(26-16)21(22,23)24/h5-7,9,13-14,17,31H,8,10-11H2,1-4H3,(H,25,32)/t13-,14+,17-/m1/s1. The maximum Gasteiger partial charge on any atom is 0.433 e. The SMILES string of the molecule is CNC(=O)[C@@H]1C[C@@H](O)CN1C(=O)[C@@H](n1cc(COc2cccc(C(F)(F)F)n2)nn1)C(C)(C)C. The number of β-amino-alcohol motifs (C(OH)–C–C–N with tert-alkyl or cyclic N) is 1. The number of aromatic nitrogens is 4. The summed E-state index contributed by atoms with van der Waals surface area (Å²) >= 11 is 0. The van der Waals surface area contributed by atoms with Gasteiger partial charge in [0.1, 0.15) is 30.1 Å². The molecule has 2 aromatic rings. The van der Waals surface area contributed by atoms with E-state index in [1.165, 1.54) is 35.0 Å². The van der Waals surface area contributed by atoms with Crippen LogP contribution in [0.4, 0.5) is 13.2 Å². The third kappa shape index (κ3) is 5.64. The minimum atomic E-state index is -4.60. The maximum atomic E-state index is 13.5. The number of ether oxygens (including phenoxy) is 1. The van der Waals surface area contributed by atoms with Crippen LogP contribution in [-0.4, -0.2) is 67.5 Å². The van der Waals surface area contributed by atoms with Crippen LogP contribution in [0.5, 0.6) is 5.88 Å². The summed E-state index contributed by atoms with van der Waals surface area (Å²) in [6.45, 7) is 5.25. The Bertz CT molecular complexity index is 1040. The number of likely N-dealkylation sites (tertiary alicyclic amines) is 1. The molecule has 3 heterocycles. The summed E-state index contributed by atoms with van der Waals surface area (Å²) in [5.74, 6) is -1.01. The smallest absolute Gasteiger partial charge is 0.433 e. The lowest BCUT2D eigenvalue weighted by Crippen LogP contribution is -2.49. The lowest BCUT2D eigenvalue weighted by atomic mass is 9.85. The Hall–Kier alpha value is -3.22. The van der Waals surface area contributed by atoms with Crippen molar-refractivity contribution in [3.63, 3.8) is 0 Å². The van der Waals surface area contributed by atoms with Gasteiger partial charge >= 0.3 is 6.18 Å². The van der Waals surface area contributed by atoms with Gasteiger partial charge in [-0.05, 0) is 11.5 Å². The zero-order valence-electron chi connectivity index (χ0n) is 19.2. The number of rotatable bonds is 6. The molecule has 1 saturated heterocycles. The Morgan fingerprint density at radius 1 is 1.29 bits per heavy atom. The second kappa shape index (κ2) is 9.57. The fraction of sp³-hybridized carbons (Fsp3) is 0.571. The number of alkyl halides is 3. The second-order valence-corrected chi connectivity index (χ2v) is 9.12. The highest BCUT2D eigenvalue weighted by Gasteiger charge is 2.45. The quantitative estimate of drug-likeness (QED) is 0.638. The number of hydrogen-bond donors (Lipinski definition) is 2. The highest BCUT2D eigenvalue weighted by atomic mass is 19.4. The Morgan fingerprint density at radius 3 is 2.62 bits per heavy atom. The molecule has 186 valence electrons. The van der Waals surface area contributed by atoms with Crippen molar-refractivity contribution >= 4 is 11.8 Å². The lowest BCUT2D eigenvalue weighted by molar-refractivity contribution is -0.144. The number of carbonyl (C=O) groups is 2. The molecule has 0 aromatic carbocycles. The zero-order chi connectivity index (χ0) is 25.3. The van der Waals surface area contributed by atoms with Crippen LogP contribution in [-0.2, 0) is 22.4 Å². The van der Waals surface area contributed by atoms with Crippen molar-refractivity contribution in [2.45, 2.75) is 58.2 Å². The van der Waals surface area contributed by atoms with Gasteiger partial charge < -0.3 is 20.1 Å². The average molecular weight is 484 g/mol. The molecule has 0 saturated carbocycles. The van der Waals surface area contributed by atoms with E-state index in [0.29, 0.717) is 0 Å². The van der Waals surface area contributed by atoms with Gasteiger partial charge in [0, 0.05) is 26.1 Å². The molecule has 1 aliphatic heterocycles. The van der Waals surface area contributed by atoms with E-state index in [1.54, 1.807) is 0 Å². The molecule has 34 heavy (non-hydrogen) atoms. The van der Waals surface area contributed by atoms with Crippen LogP contribution < -0.4 is 10.1 Å². The molecule has 2 aromatic heterocycles. The zero-order valence-corrected chi connectivity index (χ0v) is 19.2. The van der Waals surface area contributed by atoms with E-state index in [9.17, 15) is 27.9 Å². The summed E-state index contributed by atoms with van der Waals surface area (Å²) in [4.78, 5) is 30.5. The van der Waals surface area contributed by atoms with E-state index in [2.05, 4.69) is 20.6 Å². The summed E-state index contributed by atoms with van der Waals surface area (Å²) in [6.07, 6.45) is -3.84. The average Bonchev–Trinajstić information content (AvgIpc) is 3.37. The molecule has 0 aliphatic carbocycles. The van der Waals surface area contributed by atoms with Crippen molar-refractivity contribution < 1.29 is 32.6 Å². The van der Waals surface area contributed by atoms with Crippen molar-refractivity contribution in [2.75, 3.05) is 13.6 Å². The molecule has 2 amide bonds. The number of aliphatic hydroxyl groups excluding tert-OH is 1. The lowest BCUT2D eigenvalue weighted by Gasteiger charge is -2.34. The first-order valence-corrected chi connectivity index (χ1v) is 10.6. The summed E-state index contributed by atoms with van der Waals surface area (Å²) in [7, 11) is 1.46. The minimum absolute atomic E-state index is 0.00931. The summed E-state index contributed by atoms with van der Waals surface area (Å²) in [6, 6.07) is 1.64. The van der Waals surface area contributed by atoms with Crippen molar-refractivity contribution in [2.24, 2.45) is 5.41 Å². The van der Waals surface area contributed by atoms with Gasteiger partial charge in [0.25, 0.3) is 0 Å². The molecule has 0 bridgehead atoms. The monoisotopic (exact) mass is 484 g/mol. The number of likely N-dealkylation sites (N-methyl/N-ethyl adjacent to an activating group) is 1. The van der Waals surface area contributed by atoms with Gasteiger partial charge in [-0.3, -0.25) is 9.59 Å². The number of hydrogen-bond acceptors (Lipinski definition) is 7. The fourth-order valence-corrected chi connectivity index (χ4v) is 3.82. The van der Waals surface area contributed by atoms with Gasteiger partial charge in [0.2, 0.25) is 17.7 Å². The second-order valence-electron chi connectivity index (χ2n) is 9.12. The van der Waals surface area contributed by atoms with Gasteiger partial charge in [0.15, 0.2) is 0 Å². The highest BCUT2D eigenvalue weighted by molar-refractivity contribution is 5.90. The van der Waals surface area contributed by atoms with Crippen LogP contribution in [0.25, 0.3) is 0 Å². The van der Waals surface area contributed by atoms with Crippen molar-refractivity contribution in [3.8, 4) is 5.88 Å². The Balaban J connectivity index is 1.79. The third-order valence-electron chi connectivity index (χ3n) is 5.37. The molecule has 3 rings (SSSR count). The van der Waals surface area contributed by atoms with Gasteiger partial charge in [0.05, 0.1) is 12.3 Å². The molecule has 2 N–H and O–H groups in total. The molecule has 1 aliphatic rings. The molecule has 0 unspecified atom stereocenters. The first kappa shape index (κ1) is 25.4. The van der Waals surface area contributed by atoms with E-state index in [1.807, 2.05) is 20.8 Å². The van der Waals surface area contributed by atoms with Crippen LogP contribution in [0.3, 0.4) is 0 Å². The van der Waals surface area contributed by atoms with Crippen LogP contribution in [0.2, 0.25) is 0 Å². The van der Waals surface area contributed by atoms with Crippen LogP contribution in [0.1, 0.15) is 44.6 Å². The van der Waals surface area contributed by atoms with Crippen LogP contribution in [0.15, 0.2) is 24.4 Å². The van der Waals surface area contributed by atoms with Gasteiger partial charge in [-0.15, -0.1) is 5.10 Å². The van der Waals surface area contributed by atoms with Gasteiger partial charge in [-0.2, -0.15) is 13.2 Å². The molecule has 13 heteroatoms. The Morgan fingerprint density at radius 2 is 2.00 bits per heavy atom. The van der Waals surface area contributed by atoms with Crippen LogP contribution in [0, 0.1) is 5.41 Å². The Kier molecular flexibility index (Phi) is 7.15. The number of pyridine rings is 1. The van der Waals surface area contributed by atoms with E-state index < -0.39 is 41.4 Å². The first-order valence-electron chi connectivity index (χ1n) is 10.6. The largest absolute Gasteiger partial charge is 0.471 e. The number of aliphatic hydroxyl groups is 1. The number of amides is 2. The number of nitrogens with one attached hydrogen (secondary N) is 1. The van der Waals surface area contributed by atoms with E-state index in [0.717, 1.165) is 6.07 Å². The fourth-order valence-electron chi connectivity index (χ4n) is 3.82. The summed E-state index contributed by atoms with van der Waals surface area (Å²) in [5.41, 5.74) is -1.46. The molecule has 1 fully saturated rings. The first-order chi connectivity index (χ1) is 15.8. The molecule has 0 radical (unpaired) electrons. The number of halogens is 3. The normalized spacial score (nSPS) is 19.7. The van der Waals surface area contributed by atoms with Crippen molar-refractivity contribution in [3.05, 3.63) is 35.8 Å². The third-order valence-corrected chi connectivity index (χ3v) is 5.37. The van der Waals surface area contributed by atoms with Gasteiger partial charge in [-0.1, -0.05) is 32.1 Å². The molecule has 0 spiro atoms. The van der Waals surface area contributed by atoms with Gasteiger partial charge in [-0.25, -0.2) is 9.67 Å². The van der Waals surface area contributed by atoms with E-state index in [4.69, 9.17) is 4.74 Å². The minimum Gasteiger partial charge on any atom is -0.471 e. The summed E-state index contributed by atoms with van der Waals surface area (Å²) < 4.78 is 45.2. The number of carbonyl (C=O) groups excluding carboxylic acids is 2. The summed E-state index contributed by atoms with van der Waals surface area (Å²) in [5, 5.41) is 20.6. The molecule has 10 nitrogen and oxygen atoms in total. The Labute approximate surface area is 194 Å². The van der Waals surface area contributed by atoms with E-state index >= 15 is 0 Å². The van der Waals surface area contributed by atoms with Crippen LogP contribution >= 0.6 is 0 Å². The molecular weight excluding hydrogens is 457 g/mol.